The molecule has 0 amide bonds. The van der Waals surface area contributed by atoms with E-state index in [2.05, 4.69) is 42.2 Å². The van der Waals surface area contributed by atoms with Gasteiger partial charge in [0.25, 0.3) is 0 Å². The molecule has 3 atom stereocenters. The van der Waals surface area contributed by atoms with Crippen LogP contribution in [-0.4, -0.2) is 61.2 Å². The first-order chi connectivity index (χ1) is 9.10. The predicted octanol–water partition coefficient (Wildman–Crippen LogP) is 1.44. The number of nitrogens with zero attached hydrogens (tertiary/aromatic N) is 3. The predicted molar refractivity (Wildman–Crippen MR) is 77.9 cm³/mol. The number of rotatable bonds is 5. The summed E-state index contributed by atoms with van der Waals surface area (Å²) in [5, 5.41) is 12.9. The highest BCUT2D eigenvalue weighted by Crippen LogP contribution is 2.36. The molecular weight excluding hydrogens is 236 g/mol. The second-order valence-corrected chi connectivity index (χ2v) is 6.42. The second kappa shape index (κ2) is 6.21. The van der Waals surface area contributed by atoms with Crippen molar-refractivity contribution in [3.8, 4) is 6.07 Å². The van der Waals surface area contributed by atoms with Crippen molar-refractivity contribution < 1.29 is 0 Å². The number of nitrogens with one attached hydrogen (secondary N) is 1. The molecule has 1 aliphatic carbocycles. The number of nitriles is 1. The van der Waals surface area contributed by atoms with Gasteiger partial charge in [-0.1, -0.05) is 6.92 Å². The van der Waals surface area contributed by atoms with Gasteiger partial charge in [0.1, 0.15) is 5.54 Å². The first kappa shape index (κ1) is 14.8. The Morgan fingerprint density at radius 3 is 2.84 bits per heavy atom. The van der Waals surface area contributed by atoms with Crippen molar-refractivity contribution >= 4 is 0 Å². The lowest BCUT2D eigenvalue weighted by atomic mass is 9.99. The minimum atomic E-state index is -0.259. The van der Waals surface area contributed by atoms with Crippen molar-refractivity contribution in [2.75, 3.05) is 33.7 Å². The molecule has 1 heterocycles. The molecule has 1 aliphatic heterocycles. The molecule has 0 bridgehead atoms. The van der Waals surface area contributed by atoms with Crippen molar-refractivity contribution in [2.45, 2.75) is 56.7 Å². The van der Waals surface area contributed by atoms with Crippen LogP contribution >= 0.6 is 0 Å². The third-order valence-corrected chi connectivity index (χ3v) is 4.69. The average molecular weight is 264 g/mol. The maximum absolute atomic E-state index is 9.48. The molecule has 2 rings (SSSR count). The van der Waals surface area contributed by atoms with Gasteiger partial charge in [-0.15, -0.1) is 0 Å². The van der Waals surface area contributed by atoms with Crippen molar-refractivity contribution in [3.63, 3.8) is 0 Å². The molecule has 0 aromatic heterocycles. The van der Waals surface area contributed by atoms with E-state index in [0.717, 1.165) is 25.9 Å². The van der Waals surface area contributed by atoms with E-state index in [1.807, 2.05) is 0 Å². The highest BCUT2D eigenvalue weighted by Gasteiger charge is 2.43. The maximum Gasteiger partial charge on any atom is 0.108 e. The van der Waals surface area contributed by atoms with Crippen LogP contribution in [0.4, 0.5) is 0 Å². The van der Waals surface area contributed by atoms with Gasteiger partial charge >= 0.3 is 0 Å². The van der Waals surface area contributed by atoms with Crippen LogP contribution in [0.15, 0.2) is 0 Å². The maximum atomic E-state index is 9.48. The van der Waals surface area contributed by atoms with Gasteiger partial charge in [0.15, 0.2) is 0 Å². The Kier molecular flexibility index (Phi) is 4.83. The minimum absolute atomic E-state index is 0.259. The van der Waals surface area contributed by atoms with Crippen molar-refractivity contribution in [2.24, 2.45) is 0 Å². The Labute approximate surface area is 117 Å². The van der Waals surface area contributed by atoms with E-state index in [4.69, 9.17) is 0 Å². The zero-order chi connectivity index (χ0) is 13.9. The molecule has 4 heteroatoms. The third-order valence-electron chi connectivity index (χ3n) is 4.69. The van der Waals surface area contributed by atoms with Crippen LogP contribution in [0.25, 0.3) is 0 Å². The number of hydrogen-bond donors (Lipinski definition) is 1. The van der Waals surface area contributed by atoms with Gasteiger partial charge in [0.2, 0.25) is 0 Å². The highest BCUT2D eigenvalue weighted by atomic mass is 15.2. The third kappa shape index (κ3) is 3.28. The molecule has 0 radical (unpaired) electrons. The smallest absolute Gasteiger partial charge is 0.108 e. The molecule has 0 aromatic rings. The monoisotopic (exact) mass is 264 g/mol. The second-order valence-electron chi connectivity index (χ2n) is 6.42. The molecular formula is C15H28N4. The normalized spacial score (nSPS) is 35.9. The van der Waals surface area contributed by atoms with E-state index in [-0.39, 0.29) is 5.54 Å². The summed E-state index contributed by atoms with van der Waals surface area (Å²) < 4.78 is 0. The summed E-state index contributed by atoms with van der Waals surface area (Å²) in [5.41, 5.74) is -0.259. The molecule has 3 unspecified atom stereocenters. The van der Waals surface area contributed by atoms with Crippen molar-refractivity contribution in [1.82, 2.24) is 15.1 Å². The molecule has 19 heavy (non-hydrogen) atoms. The summed E-state index contributed by atoms with van der Waals surface area (Å²) in [6, 6.07) is 3.83. The van der Waals surface area contributed by atoms with Crippen LogP contribution in [0.5, 0.6) is 0 Å². The van der Waals surface area contributed by atoms with Crippen LogP contribution in [0.1, 0.15) is 39.0 Å². The highest BCUT2D eigenvalue weighted by molar-refractivity contribution is 5.14. The van der Waals surface area contributed by atoms with Gasteiger partial charge in [0, 0.05) is 18.6 Å². The Morgan fingerprint density at radius 2 is 2.21 bits per heavy atom. The molecule has 4 nitrogen and oxygen atoms in total. The zero-order valence-electron chi connectivity index (χ0n) is 12.7. The van der Waals surface area contributed by atoms with Crippen LogP contribution in [0.3, 0.4) is 0 Å². The van der Waals surface area contributed by atoms with E-state index >= 15 is 0 Å². The molecule has 0 spiro atoms. The number of likely N-dealkylation sites (tertiary alicyclic amines) is 1. The first-order valence-corrected chi connectivity index (χ1v) is 7.67. The topological polar surface area (TPSA) is 42.3 Å². The Bertz CT molecular complexity index is 336. The van der Waals surface area contributed by atoms with Crippen molar-refractivity contribution in [1.29, 1.82) is 5.26 Å². The van der Waals surface area contributed by atoms with E-state index in [9.17, 15) is 5.26 Å². The van der Waals surface area contributed by atoms with Crippen molar-refractivity contribution in [3.05, 3.63) is 0 Å². The Balaban J connectivity index is 1.98. The Morgan fingerprint density at radius 1 is 1.42 bits per heavy atom. The number of likely N-dealkylation sites (N-methyl/N-ethyl adjacent to an activating group) is 1. The van der Waals surface area contributed by atoms with Gasteiger partial charge < -0.3 is 4.90 Å². The van der Waals surface area contributed by atoms with Crippen LogP contribution < -0.4 is 5.32 Å². The molecule has 1 saturated heterocycles. The lowest BCUT2D eigenvalue weighted by Gasteiger charge is -2.33. The van der Waals surface area contributed by atoms with Crippen LogP contribution in [0, 0.1) is 11.3 Å². The van der Waals surface area contributed by atoms with Crippen LogP contribution in [-0.2, 0) is 0 Å². The van der Waals surface area contributed by atoms with E-state index < -0.39 is 0 Å². The van der Waals surface area contributed by atoms with Gasteiger partial charge in [-0.25, -0.2) is 0 Å². The molecule has 1 N–H and O–H groups in total. The molecule has 108 valence electrons. The van der Waals surface area contributed by atoms with Crippen LogP contribution in [0.2, 0.25) is 0 Å². The quantitative estimate of drug-likeness (QED) is 0.816. The van der Waals surface area contributed by atoms with Gasteiger partial charge in [-0.2, -0.15) is 5.26 Å². The first-order valence-electron chi connectivity index (χ1n) is 7.67. The fraction of sp³-hybridized carbons (Fsp3) is 0.933. The summed E-state index contributed by atoms with van der Waals surface area (Å²) in [7, 11) is 4.31. The fourth-order valence-electron chi connectivity index (χ4n) is 3.90. The van der Waals surface area contributed by atoms with E-state index in [1.54, 1.807) is 0 Å². The lowest BCUT2D eigenvalue weighted by Crippen LogP contribution is -2.46. The summed E-state index contributed by atoms with van der Waals surface area (Å²) >= 11 is 0. The van der Waals surface area contributed by atoms with Gasteiger partial charge in [-0.3, -0.25) is 10.2 Å². The minimum Gasteiger partial charge on any atom is -0.308 e. The molecule has 2 aliphatic rings. The van der Waals surface area contributed by atoms with Gasteiger partial charge in [0.05, 0.1) is 6.07 Å². The van der Waals surface area contributed by atoms with Gasteiger partial charge in [-0.05, 0) is 59.3 Å². The standard InChI is InChI=1S/C15H28N4/c1-4-17-15(12-16)8-7-13(10-15)19-9-5-6-14(19)11-18(2)3/h13-14,17H,4-11H2,1-3H3. The summed E-state index contributed by atoms with van der Waals surface area (Å²) in [4.78, 5) is 4.97. The molecule has 0 aromatic carbocycles. The zero-order valence-corrected chi connectivity index (χ0v) is 12.7. The summed E-state index contributed by atoms with van der Waals surface area (Å²) in [5.74, 6) is 0. The summed E-state index contributed by atoms with van der Waals surface area (Å²) in [6.07, 6.45) is 5.81. The Hall–Kier alpha value is -0.630. The van der Waals surface area contributed by atoms with E-state index in [1.165, 1.54) is 25.8 Å². The molecule has 1 saturated carbocycles. The fourth-order valence-corrected chi connectivity index (χ4v) is 3.90. The summed E-state index contributed by atoms with van der Waals surface area (Å²) in [6.45, 7) is 5.35. The number of hydrogen-bond acceptors (Lipinski definition) is 4. The SMILES string of the molecule is CCNC1(C#N)CCC(N2CCCC2CN(C)C)C1. The average Bonchev–Trinajstić information content (AvgIpc) is 2.96. The lowest BCUT2D eigenvalue weighted by molar-refractivity contribution is 0.150. The largest absolute Gasteiger partial charge is 0.308 e. The van der Waals surface area contributed by atoms with E-state index in [0.29, 0.717) is 12.1 Å². The molecule has 2 fully saturated rings.